The molecule has 208 valence electrons. The highest BCUT2D eigenvalue weighted by molar-refractivity contribution is 7.98. The molecule has 0 aliphatic carbocycles. The van der Waals surface area contributed by atoms with E-state index in [1.807, 2.05) is 42.5 Å². The number of thioether (sulfide) groups is 1. The van der Waals surface area contributed by atoms with Gasteiger partial charge < -0.3 is 15.8 Å². The predicted molar refractivity (Wildman–Crippen MR) is 155 cm³/mol. The molecule has 3 N–H and O–H groups in total. The highest BCUT2D eigenvalue weighted by Crippen LogP contribution is 2.23. The molecule has 1 aromatic heterocycles. The van der Waals surface area contributed by atoms with Gasteiger partial charge >= 0.3 is 5.97 Å². The molecule has 8 heteroatoms. The summed E-state index contributed by atoms with van der Waals surface area (Å²) >= 11 is 1.57. The number of nitrogens with one attached hydrogen (secondary N) is 1. The van der Waals surface area contributed by atoms with Gasteiger partial charge in [0.15, 0.2) is 0 Å². The molecule has 4 aromatic rings. The molecule has 0 aliphatic heterocycles. The first-order valence-corrected chi connectivity index (χ1v) is 14.2. The number of ether oxygens (including phenoxy) is 1. The number of carbonyl (C=O) groups is 1. The lowest BCUT2D eigenvalue weighted by Gasteiger charge is -2.25. The van der Waals surface area contributed by atoms with Crippen molar-refractivity contribution in [1.82, 2.24) is 10.3 Å². The predicted octanol–water partition coefficient (Wildman–Crippen LogP) is 6.10. The zero-order valence-corrected chi connectivity index (χ0v) is 23.2. The maximum atomic E-state index is 13.8. The molecule has 2 unspecified atom stereocenters. The first kappa shape index (κ1) is 29.4. The standard InChI is InChI=1S/C32H33F2N3O2S/c1-2-22-9-6-10-24(11-22)17-36-20-31(30(35)14-25-12-27(33)16-28(34)13-25)39-32(38)26-15-29(19-37-18-26)40-21-23-7-4-3-5-8-23/h3-13,15-16,18-19,30-31,36H,2,14,17,20-21,35H2,1H3. The van der Waals surface area contributed by atoms with Crippen molar-refractivity contribution in [2.75, 3.05) is 6.54 Å². The maximum Gasteiger partial charge on any atom is 0.340 e. The Morgan fingerprint density at radius 1 is 0.925 bits per heavy atom. The van der Waals surface area contributed by atoms with Crippen LogP contribution < -0.4 is 11.1 Å². The van der Waals surface area contributed by atoms with E-state index in [1.165, 1.54) is 23.9 Å². The number of hydrogen-bond acceptors (Lipinski definition) is 6. The second kappa shape index (κ2) is 14.7. The number of hydrogen-bond donors (Lipinski definition) is 2. The summed E-state index contributed by atoms with van der Waals surface area (Å²) < 4.78 is 33.4. The normalized spacial score (nSPS) is 12.6. The topological polar surface area (TPSA) is 77.2 Å². The zero-order valence-electron chi connectivity index (χ0n) is 22.4. The number of benzene rings is 3. The van der Waals surface area contributed by atoms with E-state index in [-0.39, 0.29) is 13.0 Å². The van der Waals surface area contributed by atoms with E-state index >= 15 is 0 Å². The minimum absolute atomic E-state index is 0.130. The van der Waals surface area contributed by atoms with E-state index in [1.54, 1.807) is 24.0 Å². The Kier molecular flexibility index (Phi) is 10.8. The summed E-state index contributed by atoms with van der Waals surface area (Å²) in [4.78, 5) is 18.2. The molecule has 2 atom stereocenters. The molecular formula is C32H33F2N3O2S. The summed E-state index contributed by atoms with van der Waals surface area (Å²) in [6.45, 7) is 2.91. The van der Waals surface area contributed by atoms with Crippen LogP contribution in [0.4, 0.5) is 8.78 Å². The molecule has 5 nitrogen and oxygen atoms in total. The van der Waals surface area contributed by atoms with Crippen molar-refractivity contribution in [1.29, 1.82) is 0 Å². The minimum atomic E-state index is -0.756. The Balaban J connectivity index is 1.44. The van der Waals surface area contributed by atoms with Crippen LogP contribution in [0.1, 0.15) is 39.5 Å². The van der Waals surface area contributed by atoms with E-state index in [9.17, 15) is 13.6 Å². The summed E-state index contributed by atoms with van der Waals surface area (Å²) in [6.07, 6.45) is 3.47. The number of pyridine rings is 1. The first-order valence-electron chi connectivity index (χ1n) is 13.2. The van der Waals surface area contributed by atoms with E-state index < -0.39 is 29.7 Å². The van der Waals surface area contributed by atoms with Gasteiger partial charge in [0, 0.05) is 48.2 Å². The molecule has 0 radical (unpaired) electrons. The van der Waals surface area contributed by atoms with Crippen molar-refractivity contribution in [2.24, 2.45) is 5.73 Å². The summed E-state index contributed by atoms with van der Waals surface area (Å²) in [6, 6.07) is 22.6. The fourth-order valence-electron chi connectivity index (χ4n) is 4.29. The van der Waals surface area contributed by atoms with Crippen molar-refractivity contribution in [3.05, 3.63) is 131 Å². The molecule has 0 aliphatic rings. The lowest BCUT2D eigenvalue weighted by Crippen LogP contribution is -2.46. The van der Waals surface area contributed by atoms with Crippen LogP contribution in [-0.4, -0.2) is 29.6 Å². The number of aromatic nitrogens is 1. The van der Waals surface area contributed by atoms with Crippen molar-refractivity contribution < 1.29 is 18.3 Å². The third kappa shape index (κ3) is 8.98. The molecule has 0 bridgehead atoms. The minimum Gasteiger partial charge on any atom is -0.456 e. The first-order chi connectivity index (χ1) is 19.4. The van der Waals surface area contributed by atoms with Crippen LogP contribution in [0.5, 0.6) is 0 Å². The van der Waals surface area contributed by atoms with Gasteiger partial charge in [0.2, 0.25) is 0 Å². The van der Waals surface area contributed by atoms with Crippen LogP contribution >= 0.6 is 11.8 Å². The Labute approximate surface area is 238 Å². The van der Waals surface area contributed by atoms with E-state index in [0.717, 1.165) is 34.3 Å². The molecule has 0 fully saturated rings. The number of halogens is 2. The van der Waals surface area contributed by atoms with E-state index in [4.69, 9.17) is 10.5 Å². The van der Waals surface area contributed by atoms with E-state index in [0.29, 0.717) is 17.7 Å². The van der Waals surface area contributed by atoms with Crippen molar-refractivity contribution in [3.63, 3.8) is 0 Å². The monoisotopic (exact) mass is 561 g/mol. The molecule has 3 aromatic carbocycles. The summed E-state index contributed by atoms with van der Waals surface area (Å²) in [5.41, 5.74) is 10.6. The van der Waals surface area contributed by atoms with Crippen LogP contribution in [0.15, 0.2) is 96.2 Å². The Morgan fingerprint density at radius 2 is 1.65 bits per heavy atom. The lowest BCUT2D eigenvalue weighted by atomic mass is 10.0. The average molecular weight is 562 g/mol. The summed E-state index contributed by atoms with van der Waals surface area (Å²) in [5.74, 6) is -1.18. The molecule has 0 amide bonds. The van der Waals surface area contributed by atoms with Gasteiger partial charge in [-0.1, -0.05) is 61.5 Å². The molecule has 0 spiro atoms. The van der Waals surface area contributed by atoms with Crippen LogP contribution in [0, 0.1) is 11.6 Å². The highest BCUT2D eigenvalue weighted by Gasteiger charge is 2.24. The third-order valence-electron chi connectivity index (χ3n) is 6.40. The Bertz CT molecular complexity index is 1380. The van der Waals surface area contributed by atoms with Gasteiger partial charge in [0.1, 0.15) is 17.7 Å². The Hall–Kier alpha value is -3.59. The lowest BCUT2D eigenvalue weighted by molar-refractivity contribution is 0.0237. The van der Waals surface area contributed by atoms with Crippen molar-refractivity contribution >= 4 is 17.7 Å². The highest BCUT2D eigenvalue weighted by atomic mass is 32.2. The molecule has 4 rings (SSSR count). The third-order valence-corrected chi connectivity index (χ3v) is 7.44. The fraction of sp³-hybridized carbons (Fsp3) is 0.250. The van der Waals surface area contributed by atoms with Gasteiger partial charge in [0.25, 0.3) is 0 Å². The number of aryl methyl sites for hydroxylation is 1. The van der Waals surface area contributed by atoms with Crippen LogP contribution in [0.2, 0.25) is 0 Å². The second-order valence-corrected chi connectivity index (χ2v) is 10.6. The van der Waals surface area contributed by atoms with Gasteiger partial charge in [0.05, 0.1) is 5.56 Å². The Morgan fingerprint density at radius 3 is 2.40 bits per heavy atom. The van der Waals surface area contributed by atoms with Gasteiger partial charge in [-0.25, -0.2) is 13.6 Å². The fourth-order valence-corrected chi connectivity index (χ4v) is 5.16. The quantitative estimate of drug-likeness (QED) is 0.152. The summed E-state index contributed by atoms with van der Waals surface area (Å²) in [5, 5.41) is 3.32. The zero-order chi connectivity index (χ0) is 28.3. The number of nitrogens with two attached hydrogens (primary N) is 1. The maximum absolute atomic E-state index is 13.8. The van der Waals surface area contributed by atoms with Gasteiger partial charge in [-0.2, -0.15) is 0 Å². The molecular weight excluding hydrogens is 528 g/mol. The van der Waals surface area contributed by atoms with Gasteiger partial charge in [-0.15, -0.1) is 11.8 Å². The smallest absolute Gasteiger partial charge is 0.340 e. The number of rotatable bonds is 13. The number of esters is 1. The second-order valence-electron chi connectivity index (χ2n) is 9.58. The average Bonchev–Trinajstić information content (AvgIpc) is 2.95. The molecule has 1 heterocycles. The molecule has 0 saturated carbocycles. The van der Waals surface area contributed by atoms with E-state index in [2.05, 4.69) is 29.4 Å². The molecule has 40 heavy (non-hydrogen) atoms. The van der Waals surface area contributed by atoms with Gasteiger partial charge in [-0.3, -0.25) is 4.98 Å². The van der Waals surface area contributed by atoms with Gasteiger partial charge in [-0.05, 0) is 53.3 Å². The van der Waals surface area contributed by atoms with Crippen molar-refractivity contribution in [3.8, 4) is 0 Å². The van der Waals surface area contributed by atoms with Crippen LogP contribution in [-0.2, 0) is 29.9 Å². The van der Waals surface area contributed by atoms with Crippen molar-refractivity contribution in [2.45, 2.75) is 49.1 Å². The SMILES string of the molecule is CCc1cccc(CNCC(OC(=O)c2cncc(SCc3ccccc3)c2)C(N)Cc2cc(F)cc(F)c2)c1. The number of nitrogens with zero attached hydrogens (tertiary/aromatic N) is 1. The largest absolute Gasteiger partial charge is 0.456 e. The molecule has 0 saturated heterocycles. The number of carbonyl (C=O) groups excluding carboxylic acids is 1. The van der Waals surface area contributed by atoms with Crippen LogP contribution in [0.25, 0.3) is 0 Å². The van der Waals surface area contributed by atoms with Crippen LogP contribution in [0.3, 0.4) is 0 Å². The summed E-state index contributed by atoms with van der Waals surface area (Å²) in [7, 11) is 0.